The van der Waals surface area contributed by atoms with Crippen molar-refractivity contribution >= 4 is 57.5 Å². The number of benzene rings is 1. The number of hydrogen-bond acceptors (Lipinski definition) is 2. The van der Waals surface area contributed by atoms with Crippen molar-refractivity contribution < 1.29 is 18.0 Å². The zero-order valence-corrected chi connectivity index (χ0v) is 17.5. The van der Waals surface area contributed by atoms with Gasteiger partial charge in [0, 0.05) is 29.7 Å². The van der Waals surface area contributed by atoms with Crippen molar-refractivity contribution in [3.05, 3.63) is 28.7 Å². The van der Waals surface area contributed by atoms with Gasteiger partial charge < -0.3 is 16.0 Å². The number of carbonyl (C=O) groups excluding carboxylic acids is 1. The predicted molar refractivity (Wildman–Crippen MR) is 107 cm³/mol. The van der Waals surface area contributed by atoms with Crippen LogP contribution in [0.3, 0.4) is 0 Å². The maximum Gasteiger partial charge on any atom is 0.390 e. The van der Waals surface area contributed by atoms with Crippen molar-refractivity contribution in [2.45, 2.75) is 25.9 Å². The fraction of sp³-hybridized carbons (Fsp3) is 0.467. The highest BCUT2D eigenvalue weighted by Crippen LogP contribution is 2.18. The Morgan fingerprint density at radius 3 is 2.40 bits per heavy atom. The summed E-state index contributed by atoms with van der Waals surface area (Å²) in [6.07, 6.45) is -5.04. The van der Waals surface area contributed by atoms with Crippen molar-refractivity contribution in [3.63, 3.8) is 0 Å². The van der Waals surface area contributed by atoms with Crippen LogP contribution in [0.4, 0.5) is 18.9 Å². The molecular weight excluding hydrogens is 516 g/mol. The van der Waals surface area contributed by atoms with Crippen molar-refractivity contribution in [1.82, 2.24) is 10.6 Å². The molecule has 0 aliphatic rings. The number of nitrogens with one attached hydrogen (secondary N) is 3. The number of hydrogen-bond donors (Lipinski definition) is 3. The minimum atomic E-state index is -4.23. The second kappa shape index (κ2) is 12.3. The van der Waals surface area contributed by atoms with Crippen LogP contribution < -0.4 is 16.0 Å². The molecule has 10 heteroatoms. The highest BCUT2D eigenvalue weighted by Gasteiger charge is 2.26. The van der Waals surface area contributed by atoms with E-state index in [0.717, 1.165) is 4.47 Å². The first-order chi connectivity index (χ1) is 11.3. The third-order valence-electron chi connectivity index (χ3n) is 2.78. The molecule has 0 atom stereocenters. The summed E-state index contributed by atoms with van der Waals surface area (Å²) < 4.78 is 37.3. The first kappa shape index (κ1) is 24.0. The largest absolute Gasteiger partial charge is 0.390 e. The quantitative estimate of drug-likeness (QED) is 0.281. The van der Waals surface area contributed by atoms with Gasteiger partial charge in [-0.3, -0.25) is 9.79 Å². The van der Waals surface area contributed by atoms with Crippen LogP contribution in [0.15, 0.2) is 33.7 Å². The molecule has 0 saturated carbocycles. The summed E-state index contributed by atoms with van der Waals surface area (Å²) in [6, 6.07) is 7.14. The van der Waals surface area contributed by atoms with Crippen molar-refractivity contribution in [1.29, 1.82) is 0 Å². The van der Waals surface area contributed by atoms with Gasteiger partial charge in [-0.2, -0.15) is 13.2 Å². The lowest BCUT2D eigenvalue weighted by Gasteiger charge is -2.12. The Bertz CT molecular complexity index is 553. The van der Waals surface area contributed by atoms with Crippen LogP contribution in [0.25, 0.3) is 0 Å². The van der Waals surface area contributed by atoms with Gasteiger partial charge >= 0.3 is 6.18 Å². The van der Waals surface area contributed by atoms with Crippen LogP contribution in [0, 0.1) is 0 Å². The van der Waals surface area contributed by atoms with Gasteiger partial charge in [0.15, 0.2) is 5.96 Å². The lowest BCUT2D eigenvalue weighted by Crippen LogP contribution is -2.39. The van der Waals surface area contributed by atoms with Crippen LogP contribution in [0.5, 0.6) is 0 Å². The highest BCUT2D eigenvalue weighted by molar-refractivity contribution is 14.0. The molecule has 1 amide bonds. The standard InChI is InChI=1S/C15H20BrF3N4O.HI/c1-2-20-14(22-10-8-15(17,18)19)21-9-7-13(24)23-12-5-3-11(16)4-6-12;/h3-6H,2,7-10H2,1H3,(H,23,24)(H2,20,21,22);1H. The van der Waals surface area contributed by atoms with Crippen molar-refractivity contribution in [3.8, 4) is 0 Å². The summed E-state index contributed by atoms with van der Waals surface area (Å²) in [7, 11) is 0. The van der Waals surface area contributed by atoms with Crippen molar-refractivity contribution in [2.75, 3.05) is 25.0 Å². The fourth-order valence-corrected chi connectivity index (χ4v) is 1.95. The predicted octanol–water partition coefficient (Wildman–Crippen LogP) is 3.90. The van der Waals surface area contributed by atoms with E-state index in [1.807, 2.05) is 12.1 Å². The molecule has 0 saturated heterocycles. The second-order valence-corrected chi connectivity index (χ2v) is 5.77. The molecule has 0 fully saturated rings. The van der Waals surface area contributed by atoms with Crippen LogP contribution in [0.2, 0.25) is 0 Å². The molecule has 1 aromatic carbocycles. The molecule has 0 aliphatic carbocycles. The molecule has 0 aliphatic heterocycles. The zero-order valence-electron chi connectivity index (χ0n) is 13.6. The molecule has 1 rings (SSSR count). The van der Waals surface area contributed by atoms with E-state index < -0.39 is 12.6 Å². The van der Waals surface area contributed by atoms with Gasteiger partial charge in [0.05, 0.1) is 13.0 Å². The average molecular weight is 537 g/mol. The summed E-state index contributed by atoms with van der Waals surface area (Å²) in [6.45, 7) is 2.23. The molecule has 3 N–H and O–H groups in total. The number of anilines is 1. The molecule has 25 heavy (non-hydrogen) atoms. The molecule has 0 bridgehead atoms. The van der Waals surface area contributed by atoms with Gasteiger partial charge in [-0.05, 0) is 31.2 Å². The minimum absolute atomic E-state index is 0. The lowest BCUT2D eigenvalue weighted by molar-refractivity contribution is -0.132. The van der Waals surface area contributed by atoms with E-state index in [1.165, 1.54) is 0 Å². The fourth-order valence-electron chi connectivity index (χ4n) is 1.69. The molecule has 0 radical (unpaired) electrons. The first-order valence-corrected chi connectivity index (χ1v) is 8.24. The normalized spacial score (nSPS) is 11.5. The molecule has 5 nitrogen and oxygen atoms in total. The van der Waals surface area contributed by atoms with Gasteiger partial charge in [0.2, 0.25) is 5.91 Å². The summed E-state index contributed by atoms with van der Waals surface area (Å²) >= 11 is 3.30. The Balaban J connectivity index is 0.00000576. The molecular formula is C15H21BrF3IN4O. The van der Waals surface area contributed by atoms with Crippen LogP contribution in [0.1, 0.15) is 19.8 Å². The third kappa shape index (κ3) is 12.0. The average Bonchev–Trinajstić information content (AvgIpc) is 2.48. The summed E-state index contributed by atoms with van der Waals surface area (Å²) in [5, 5.41) is 8.40. The van der Waals surface area contributed by atoms with E-state index in [0.29, 0.717) is 12.2 Å². The van der Waals surface area contributed by atoms with E-state index in [2.05, 4.69) is 36.9 Å². The summed E-state index contributed by atoms with van der Waals surface area (Å²) in [4.78, 5) is 15.6. The SMILES string of the molecule is CCNC(=NCCC(F)(F)F)NCCC(=O)Nc1ccc(Br)cc1.I. The molecule has 0 heterocycles. The van der Waals surface area contributed by atoms with Crippen LogP contribution in [-0.4, -0.2) is 37.7 Å². The number of halogens is 5. The maximum atomic E-state index is 12.1. The van der Waals surface area contributed by atoms with Crippen LogP contribution in [-0.2, 0) is 4.79 Å². The number of aliphatic imine (C=N–C) groups is 1. The number of rotatable bonds is 7. The Morgan fingerprint density at radius 1 is 1.20 bits per heavy atom. The molecule has 0 aromatic heterocycles. The number of guanidine groups is 1. The van der Waals surface area contributed by atoms with Crippen LogP contribution >= 0.6 is 39.9 Å². The first-order valence-electron chi connectivity index (χ1n) is 7.44. The molecule has 0 unspecified atom stereocenters. The molecule has 142 valence electrons. The van der Waals surface area contributed by atoms with E-state index in [9.17, 15) is 18.0 Å². The van der Waals surface area contributed by atoms with Gasteiger partial charge in [-0.15, -0.1) is 24.0 Å². The van der Waals surface area contributed by atoms with Gasteiger partial charge in [0.25, 0.3) is 0 Å². The van der Waals surface area contributed by atoms with E-state index >= 15 is 0 Å². The molecule has 1 aromatic rings. The smallest absolute Gasteiger partial charge is 0.357 e. The van der Waals surface area contributed by atoms with E-state index in [1.54, 1.807) is 19.1 Å². The summed E-state index contributed by atoms with van der Waals surface area (Å²) in [5.41, 5.74) is 0.675. The lowest BCUT2D eigenvalue weighted by atomic mass is 10.3. The number of alkyl halides is 3. The Labute approximate surface area is 170 Å². The van der Waals surface area contributed by atoms with E-state index in [4.69, 9.17) is 0 Å². The number of carbonyl (C=O) groups is 1. The highest BCUT2D eigenvalue weighted by atomic mass is 127. The number of amides is 1. The summed E-state index contributed by atoms with van der Waals surface area (Å²) in [5.74, 6) is 0.0640. The minimum Gasteiger partial charge on any atom is -0.357 e. The molecule has 0 spiro atoms. The maximum absolute atomic E-state index is 12.1. The van der Waals surface area contributed by atoms with Gasteiger partial charge in [-0.1, -0.05) is 15.9 Å². The Morgan fingerprint density at radius 2 is 1.84 bits per heavy atom. The van der Waals surface area contributed by atoms with Gasteiger partial charge in [0.1, 0.15) is 0 Å². The van der Waals surface area contributed by atoms with Crippen molar-refractivity contribution in [2.24, 2.45) is 4.99 Å². The number of nitrogens with zero attached hydrogens (tertiary/aromatic N) is 1. The third-order valence-corrected chi connectivity index (χ3v) is 3.31. The Kier molecular flexibility index (Phi) is 11.8. The van der Waals surface area contributed by atoms with E-state index in [-0.39, 0.29) is 55.4 Å². The monoisotopic (exact) mass is 536 g/mol. The zero-order chi connectivity index (χ0) is 18.0. The topological polar surface area (TPSA) is 65.5 Å². The second-order valence-electron chi connectivity index (χ2n) is 4.86. The van der Waals surface area contributed by atoms with Gasteiger partial charge in [-0.25, -0.2) is 0 Å². The Hall–Kier alpha value is -1.04.